The maximum atomic E-state index is 11.8. The smallest absolute Gasteiger partial charge is 0.340 e. The molecule has 2 atom stereocenters. The van der Waals surface area contributed by atoms with Crippen molar-refractivity contribution >= 4 is 30.3 Å². The molecule has 1 amide bonds. The summed E-state index contributed by atoms with van der Waals surface area (Å²) in [6.45, 7) is 6.68. The molecule has 0 aromatic rings. The lowest BCUT2D eigenvalue weighted by Crippen LogP contribution is -2.51. The number of ether oxygens (including phenoxy) is 2. The minimum Gasteiger partial charge on any atom is -0.464 e. The van der Waals surface area contributed by atoms with E-state index in [0.29, 0.717) is 0 Å². The van der Waals surface area contributed by atoms with Gasteiger partial charge in [-0.3, -0.25) is 4.79 Å². The topological polar surface area (TPSA) is 108 Å². The van der Waals surface area contributed by atoms with Crippen LogP contribution in [0.3, 0.4) is 0 Å². The van der Waals surface area contributed by atoms with E-state index in [1.165, 1.54) is 0 Å². The van der Waals surface area contributed by atoms with Gasteiger partial charge in [-0.25, -0.2) is 9.59 Å². The van der Waals surface area contributed by atoms with Crippen molar-refractivity contribution in [1.29, 1.82) is 0 Å². The summed E-state index contributed by atoms with van der Waals surface area (Å²) in [6.07, 6.45) is 0. The van der Waals surface area contributed by atoms with Crippen molar-refractivity contribution in [2.75, 3.05) is 13.2 Å². The predicted octanol–water partition coefficient (Wildman–Crippen LogP) is 0.00250. The first-order valence-electron chi connectivity index (χ1n) is 6.24. The zero-order chi connectivity index (χ0) is 15.0. The molecule has 0 aromatic heterocycles. The molecule has 0 saturated heterocycles. The van der Waals surface area contributed by atoms with E-state index in [9.17, 15) is 14.4 Å². The van der Waals surface area contributed by atoms with Crippen molar-refractivity contribution < 1.29 is 23.9 Å². The minimum absolute atomic E-state index is 0. The standard InChI is InChI=1S/C12H22N2O5.ClH/c1-5-18-11(16)9(12(17)19-6-2)14-10(15)7(3)8(4)13;/h7-9H,5-6,13H2,1-4H3,(H,14,15);1H. The molecule has 0 spiro atoms. The molecule has 7 nitrogen and oxygen atoms in total. The van der Waals surface area contributed by atoms with Crippen molar-refractivity contribution in [3.8, 4) is 0 Å². The summed E-state index contributed by atoms with van der Waals surface area (Å²) in [6, 6.07) is -1.85. The summed E-state index contributed by atoms with van der Waals surface area (Å²) in [5.74, 6) is -2.72. The number of esters is 2. The van der Waals surface area contributed by atoms with E-state index >= 15 is 0 Å². The first-order valence-corrected chi connectivity index (χ1v) is 6.24. The molecule has 0 bridgehead atoms. The first kappa shape index (κ1) is 21.0. The fourth-order valence-electron chi connectivity index (χ4n) is 1.18. The third kappa shape index (κ3) is 6.72. The lowest BCUT2D eigenvalue weighted by atomic mass is 10.0. The Hall–Kier alpha value is -1.34. The Morgan fingerprint density at radius 2 is 1.45 bits per heavy atom. The van der Waals surface area contributed by atoms with Gasteiger partial charge in [-0.05, 0) is 20.8 Å². The van der Waals surface area contributed by atoms with E-state index in [4.69, 9.17) is 15.2 Å². The largest absolute Gasteiger partial charge is 0.464 e. The van der Waals surface area contributed by atoms with E-state index in [1.807, 2.05) is 0 Å². The third-order valence-electron chi connectivity index (χ3n) is 2.53. The van der Waals surface area contributed by atoms with E-state index in [1.54, 1.807) is 27.7 Å². The second-order valence-electron chi connectivity index (χ2n) is 4.09. The highest BCUT2D eigenvalue weighted by Crippen LogP contribution is 2.02. The fraction of sp³-hybridized carbons (Fsp3) is 0.750. The number of nitrogens with one attached hydrogen (secondary N) is 1. The molecule has 0 aromatic carbocycles. The van der Waals surface area contributed by atoms with Crippen LogP contribution in [0.1, 0.15) is 27.7 Å². The second kappa shape index (κ2) is 10.4. The van der Waals surface area contributed by atoms with Crippen LogP contribution in [0, 0.1) is 5.92 Å². The van der Waals surface area contributed by atoms with Crippen molar-refractivity contribution in [3.05, 3.63) is 0 Å². The van der Waals surface area contributed by atoms with Crippen molar-refractivity contribution in [1.82, 2.24) is 5.32 Å². The highest BCUT2D eigenvalue weighted by molar-refractivity contribution is 6.02. The summed E-state index contributed by atoms with van der Waals surface area (Å²) >= 11 is 0. The van der Waals surface area contributed by atoms with Gasteiger partial charge in [0.25, 0.3) is 0 Å². The Morgan fingerprint density at radius 1 is 1.05 bits per heavy atom. The van der Waals surface area contributed by atoms with Gasteiger partial charge in [0.2, 0.25) is 11.9 Å². The van der Waals surface area contributed by atoms with E-state index in [0.717, 1.165) is 0 Å². The summed E-state index contributed by atoms with van der Waals surface area (Å²) in [4.78, 5) is 35.0. The van der Waals surface area contributed by atoms with Crippen molar-refractivity contribution in [2.45, 2.75) is 39.8 Å². The lowest BCUT2D eigenvalue weighted by Gasteiger charge is -2.20. The Bertz CT molecular complexity index is 318. The third-order valence-corrected chi connectivity index (χ3v) is 2.53. The van der Waals surface area contributed by atoms with Crippen molar-refractivity contribution in [3.63, 3.8) is 0 Å². The van der Waals surface area contributed by atoms with Gasteiger partial charge in [0, 0.05) is 12.0 Å². The normalized spacial score (nSPS) is 12.9. The van der Waals surface area contributed by atoms with Gasteiger partial charge < -0.3 is 20.5 Å². The molecule has 0 aliphatic heterocycles. The first-order chi connectivity index (χ1) is 8.84. The van der Waals surface area contributed by atoms with Gasteiger partial charge in [-0.15, -0.1) is 12.4 Å². The monoisotopic (exact) mass is 310 g/mol. The average molecular weight is 311 g/mol. The number of amides is 1. The molecule has 0 radical (unpaired) electrons. The van der Waals surface area contributed by atoms with E-state index < -0.39 is 35.8 Å². The zero-order valence-corrected chi connectivity index (χ0v) is 13.0. The fourth-order valence-corrected chi connectivity index (χ4v) is 1.18. The van der Waals surface area contributed by atoms with Gasteiger partial charge in [0.15, 0.2) is 0 Å². The summed E-state index contributed by atoms with van der Waals surface area (Å²) < 4.78 is 9.45. The van der Waals surface area contributed by atoms with Gasteiger partial charge >= 0.3 is 11.9 Å². The van der Waals surface area contributed by atoms with Crippen LogP contribution in [0.25, 0.3) is 0 Å². The van der Waals surface area contributed by atoms with Gasteiger partial charge in [0.05, 0.1) is 13.2 Å². The molecule has 0 rings (SSSR count). The van der Waals surface area contributed by atoms with Crippen LogP contribution in [-0.2, 0) is 23.9 Å². The summed E-state index contributed by atoms with van der Waals surface area (Å²) in [5.41, 5.74) is 5.59. The number of rotatable bonds is 7. The number of carbonyl (C=O) groups excluding carboxylic acids is 3. The Kier molecular flexibility index (Phi) is 11.0. The van der Waals surface area contributed by atoms with E-state index in [-0.39, 0.29) is 25.6 Å². The quantitative estimate of drug-likeness (QED) is 0.506. The summed E-state index contributed by atoms with van der Waals surface area (Å²) in [7, 11) is 0. The molecule has 3 N–H and O–H groups in total. The maximum Gasteiger partial charge on any atom is 0.340 e. The predicted molar refractivity (Wildman–Crippen MR) is 75.3 cm³/mol. The van der Waals surface area contributed by atoms with Gasteiger partial charge in [0.1, 0.15) is 0 Å². The van der Waals surface area contributed by atoms with Gasteiger partial charge in [-0.2, -0.15) is 0 Å². The van der Waals surface area contributed by atoms with Crippen LogP contribution in [0.4, 0.5) is 0 Å². The number of hydrogen-bond donors (Lipinski definition) is 2. The highest BCUT2D eigenvalue weighted by atomic mass is 35.5. The number of nitrogens with two attached hydrogens (primary N) is 1. The maximum absolute atomic E-state index is 11.8. The van der Waals surface area contributed by atoms with Crippen molar-refractivity contribution in [2.24, 2.45) is 11.7 Å². The SMILES string of the molecule is CCOC(=O)C(NC(=O)C(C)C(C)N)C(=O)OCC.Cl. The zero-order valence-electron chi connectivity index (χ0n) is 12.2. The van der Waals surface area contributed by atoms with Crippen LogP contribution in [0.2, 0.25) is 0 Å². The van der Waals surface area contributed by atoms with Crippen LogP contribution in [0.5, 0.6) is 0 Å². The van der Waals surface area contributed by atoms with Gasteiger partial charge in [-0.1, -0.05) is 6.92 Å². The molecule has 0 saturated carbocycles. The molecule has 118 valence electrons. The molecular weight excluding hydrogens is 288 g/mol. The minimum atomic E-state index is -1.45. The molecule has 20 heavy (non-hydrogen) atoms. The molecular formula is C12H23ClN2O5. The molecule has 0 heterocycles. The Labute approximate surface area is 125 Å². The van der Waals surface area contributed by atoms with Crippen LogP contribution < -0.4 is 11.1 Å². The lowest BCUT2D eigenvalue weighted by molar-refractivity contribution is -0.160. The number of halogens is 1. The number of hydrogen-bond acceptors (Lipinski definition) is 6. The van der Waals surface area contributed by atoms with Crippen LogP contribution in [0.15, 0.2) is 0 Å². The molecule has 2 unspecified atom stereocenters. The molecule has 0 aliphatic carbocycles. The van der Waals surface area contributed by atoms with Crippen LogP contribution in [-0.4, -0.2) is 43.1 Å². The summed E-state index contributed by atoms with van der Waals surface area (Å²) in [5, 5.41) is 2.30. The van der Waals surface area contributed by atoms with E-state index in [2.05, 4.69) is 5.32 Å². The number of carbonyl (C=O) groups is 3. The Morgan fingerprint density at radius 3 is 1.75 bits per heavy atom. The molecule has 0 aliphatic rings. The van der Waals surface area contributed by atoms with Crippen LogP contribution >= 0.6 is 12.4 Å². The second-order valence-corrected chi connectivity index (χ2v) is 4.09. The molecule has 0 fully saturated rings. The average Bonchev–Trinajstić information content (AvgIpc) is 2.34. The molecule has 8 heteroatoms. The highest BCUT2D eigenvalue weighted by Gasteiger charge is 2.33. The Balaban J connectivity index is 0.